The van der Waals surface area contributed by atoms with Gasteiger partial charge in [-0.1, -0.05) is 0 Å². The van der Waals surface area contributed by atoms with E-state index < -0.39 is 23.7 Å². The summed E-state index contributed by atoms with van der Waals surface area (Å²) in [5.41, 5.74) is -0.296. The van der Waals surface area contributed by atoms with Gasteiger partial charge >= 0.3 is 5.97 Å². The fourth-order valence-corrected chi connectivity index (χ4v) is 1.07. The van der Waals surface area contributed by atoms with E-state index in [1.54, 1.807) is 6.92 Å². The SMILES string of the molecule is CCOC(=O)C(O)c1ccc(F)cc1F. The highest BCUT2D eigenvalue weighted by atomic mass is 19.1. The van der Waals surface area contributed by atoms with E-state index in [1.165, 1.54) is 0 Å². The zero-order valence-corrected chi connectivity index (χ0v) is 8.04. The summed E-state index contributed by atoms with van der Waals surface area (Å²) >= 11 is 0. The molecule has 0 saturated heterocycles. The van der Waals surface area contributed by atoms with E-state index in [4.69, 9.17) is 0 Å². The van der Waals surface area contributed by atoms with E-state index in [-0.39, 0.29) is 12.2 Å². The Bertz CT molecular complexity index is 366. The summed E-state index contributed by atoms with van der Waals surface area (Å²) in [5.74, 6) is -2.70. The maximum Gasteiger partial charge on any atom is 0.339 e. The molecular weight excluding hydrogens is 206 g/mol. The molecule has 1 aromatic rings. The molecule has 0 spiro atoms. The van der Waals surface area contributed by atoms with E-state index in [2.05, 4.69) is 4.74 Å². The molecular formula is C10H10F2O3. The number of hydrogen-bond donors (Lipinski definition) is 1. The molecule has 0 aromatic heterocycles. The first-order valence-corrected chi connectivity index (χ1v) is 4.36. The highest BCUT2D eigenvalue weighted by Crippen LogP contribution is 2.19. The second kappa shape index (κ2) is 4.84. The zero-order chi connectivity index (χ0) is 11.4. The molecule has 0 aliphatic heterocycles. The Kier molecular flexibility index (Phi) is 3.74. The van der Waals surface area contributed by atoms with Gasteiger partial charge in [0.05, 0.1) is 6.61 Å². The minimum atomic E-state index is -1.72. The standard InChI is InChI=1S/C10H10F2O3/c1-2-15-10(14)9(13)7-4-3-6(11)5-8(7)12/h3-5,9,13H,2H2,1H3. The van der Waals surface area contributed by atoms with Crippen LogP contribution in [-0.2, 0) is 9.53 Å². The Balaban J connectivity index is 2.91. The lowest BCUT2D eigenvalue weighted by molar-refractivity contribution is -0.153. The molecule has 15 heavy (non-hydrogen) atoms. The molecule has 0 bridgehead atoms. The summed E-state index contributed by atoms with van der Waals surface area (Å²) in [6, 6.07) is 2.56. The van der Waals surface area contributed by atoms with Gasteiger partial charge in [-0.25, -0.2) is 13.6 Å². The van der Waals surface area contributed by atoms with Gasteiger partial charge in [-0.15, -0.1) is 0 Å². The number of halogens is 2. The first-order valence-electron chi connectivity index (χ1n) is 4.36. The Hall–Kier alpha value is -1.49. The van der Waals surface area contributed by atoms with Crippen LogP contribution in [0.25, 0.3) is 0 Å². The molecule has 1 atom stereocenters. The number of rotatable bonds is 3. The number of hydrogen-bond acceptors (Lipinski definition) is 3. The predicted octanol–water partition coefficient (Wildman–Crippen LogP) is 1.56. The molecule has 5 heteroatoms. The topological polar surface area (TPSA) is 46.5 Å². The van der Waals surface area contributed by atoms with Gasteiger partial charge in [0, 0.05) is 11.6 Å². The van der Waals surface area contributed by atoms with Gasteiger partial charge in [-0.05, 0) is 19.1 Å². The molecule has 1 aromatic carbocycles. The van der Waals surface area contributed by atoms with Crippen LogP contribution in [-0.4, -0.2) is 17.7 Å². The van der Waals surface area contributed by atoms with Crippen LogP contribution in [0.3, 0.4) is 0 Å². The molecule has 0 radical (unpaired) electrons. The molecule has 0 heterocycles. The second-order valence-corrected chi connectivity index (χ2v) is 2.82. The van der Waals surface area contributed by atoms with Crippen LogP contribution in [0.15, 0.2) is 18.2 Å². The van der Waals surface area contributed by atoms with E-state index in [0.717, 1.165) is 12.1 Å². The van der Waals surface area contributed by atoms with Crippen molar-refractivity contribution in [1.29, 1.82) is 0 Å². The number of aliphatic hydroxyl groups is 1. The van der Waals surface area contributed by atoms with Gasteiger partial charge in [0.2, 0.25) is 0 Å². The number of esters is 1. The zero-order valence-electron chi connectivity index (χ0n) is 8.04. The quantitative estimate of drug-likeness (QED) is 0.780. The summed E-state index contributed by atoms with van der Waals surface area (Å²) in [5, 5.41) is 9.35. The first kappa shape index (κ1) is 11.6. The molecule has 0 amide bonds. The highest BCUT2D eigenvalue weighted by Gasteiger charge is 2.22. The van der Waals surface area contributed by atoms with Crippen molar-refractivity contribution in [3.63, 3.8) is 0 Å². The Morgan fingerprint density at radius 1 is 1.53 bits per heavy atom. The molecule has 1 rings (SSSR count). The molecule has 82 valence electrons. The number of ether oxygens (including phenoxy) is 1. The van der Waals surface area contributed by atoms with Crippen molar-refractivity contribution >= 4 is 5.97 Å². The van der Waals surface area contributed by atoms with Crippen molar-refractivity contribution in [2.45, 2.75) is 13.0 Å². The normalized spacial score (nSPS) is 12.3. The smallest absolute Gasteiger partial charge is 0.339 e. The van der Waals surface area contributed by atoms with Crippen LogP contribution in [0.1, 0.15) is 18.6 Å². The third kappa shape index (κ3) is 2.73. The van der Waals surface area contributed by atoms with Crippen molar-refractivity contribution in [2.75, 3.05) is 6.61 Å². The van der Waals surface area contributed by atoms with Crippen molar-refractivity contribution in [3.05, 3.63) is 35.4 Å². The number of benzene rings is 1. The molecule has 0 fully saturated rings. The largest absolute Gasteiger partial charge is 0.464 e. The Morgan fingerprint density at radius 2 is 2.20 bits per heavy atom. The fraction of sp³-hybridized carbons (Fsp3) is 0.300. The van der Waals surface area contributed by atoms with Gasteiger partial charge in [0.25, 0.3) is 0 Å². The van der Waals surface area contributed by atoms with Gasteiger partial charge in [0.15, 0.2) is 6.10 Å². The van der Waals surface area contributed by atoms with Crippen LogP contribution in [0, 0.1) is 11.6 Å². The summed E-state index contributed by atoms with van der Waals surface area (Å²) in [6.45, 7) is 1.64. The summed E-state index contributed by atoms with van der Waals surface area (Å²) in [4.78, 5) is 11.0. The molecule has 0 aliphatic rings. The molecule has 1 unspecified atom stereocenters. The Labute approximate surface area is 85.3 Å². The number of carbonyl (C=O) groups is 1. The van der Waals surface area contributed by atoms with Gasteiger partial charge < -0.3 is 9.84 Å². The van der Waals surface area contributed by atoms with Crippen molar-refractivity contribution in [3.8, 4) is 0 Å². The van der Waals surface area contributed by atoms with Crippen LogP contribution >= 0.6 is 0 Å². The van der Waals surface area contributed by atoms with Gasteiger partial charge in [0.1, 0.15) is 11.6 Å². The van der Waals surface area contributed by atoms with Crippen LogP contribution < -0.4 is 0 Å². The predicted molar refractivity (Wildman–Crippen MR) is 48.0 cm³/mol. The molecule has 0 aliphatic carbocycles. The lowest BCUT2D eigenvalue weighted by Crippen LogP contribution is -2.16. The van der Waals surface area contributed by atoms with Crippen molar-refractivity contribution < 1.29 is 23.4 Å². The minimum Gasteiger partial charge on any atom is -0.464 e. The van der Waals surface area contributed by atoms with Crippen LogP contribution in [0.2, 0.25) is 0 Å². The number of carbonyl (C=O) groups excluding carboxylic acids is 1. The maximum absolute atomic E-state index is 13.1. The van der Waals surface area contributed by atoms with Crippen LogP contribution in [0.5, 0.6) is 0 Å². The van der Waals surface area contributed by atoms with Gasteiger partial charge in [-0.3, -0.25) is 0 Å². The van der Waals surface area contributed by atoms with E-state index in [0.29, 0.717) is 6.07 Å². The third-order valence-corrected chi connectivity index (χ3v) is 1.77. The first-order chi connectivity index (χ1) is 7.06. The molecule has 3 nitrogen and oxygen atoms in total. The monoisotopic (exact) mass is 216 g/mol. The van der Waals surface area contributed by atoms with Crippen molar-refractivity contribution in [2.24, 2.45) is 0 Å². The maximum atomic E-state index is 13.1. The summed E-state index contributed by atoms with van der Waals surface area (Å²) < 4.78 is 30.1. The number of aliphatic hydroxyl groups excluding tert-OH is 1. The van der Waals surface area contributed by atoms with Crippen molar-refractivity contribution in [1.82, 2.24) is 0 Å². The molecule has 1 N–H and O–H groups in total. The van der Waals surface area contributed by atoms with E-state index in [9.17, 15) is 18.7 Å². The van der Waals surface area contributed by atoms with Gasteiger partial charge in [-0.2, -0.15) is 0 Å². The van der Waals surface area contributed by atoms with E-state index >= 15 is 0 Å². The summed E-state index contributed by atoms with van der Waals surface area (Å²) in [7, 11) is 0. The van der Waals surface area contributed by atoms with E-state index in [1.807, 2.05) is 0 Å². The average molecular weight is 216 g/mol. The molecule has 0 saturated carbocycles. The Morgan fingerprint density at radius 3 is 2.73 bits per heavy atom. The third-order valence-electron chi connectivity index (χ3n) is 1.77. The van der Waals surface area contributed by atoms with Crippen LogP contribution in [0.4, 0.5) is 8.78 Å². The summed E-state index contributed by atoms with van der Waals surface area (Å²) in [6.07, 6.45) is -1.72. The highest BCUT2D eigenvalue weighted by molar-refractivity contribution is 5.76. The lowest BCUT2D eigenvalue weighted by Gasteiger charge is -2.10. The fourth-order valence-electron chi connectivity index (χ4n) is 1.07. The minimum absolute atomic E-state index is 0.0821. The average Bonchev–Trinajstić information content (AvgIpc) is 2.17. The second-order valence-electron chi connectivity index (χ2n) is 2.82. The lowest BCUT2D eigenvalue weighted by atomic mass is 10.1.